The summed E-state index contributed by atoms with van der Waals surface area (Å²) < 4.78 is 0. The van der Waals surface area contributed by atoms with E-state index in [4.69, 9.17) is 5.73 Å². The second-order valence-electron chi connectivity index (χ2n) is 4.65. The van der Waals surface area contributed by atoms with Crippen LogP contribution in [-0.2, 0) is 0 Å². The van der Waals surface area contributed by atoms with E-state index in [2.05, 4.69) is 4.98 Å². The maximum atomic E-state index is 12.5. The predicted octanol–water partition coefficient (Wildman–Crippen LogP) is 1.41. The first-order chi connectivity index (χ1) is 8.63. The van der Waals surface area contributed by atoms with Crippen molar-refractivity contribution >= 4 is 22.4 Å². The molecule has 18 heavy (non-hydrogen) atoms. The van der Waals surface area contributed by atoms with Gasteiger partial charge in [-0.05, 0) is 19.8 Å². The molecule has 1 amide bonds. The number of aryl methyl sites for hydroxylation is 1. The van der Waals surface area contributed by atoms with Crippen LogP contribution < -0.4 is 5.73 Å². The molecule has 100 valence electrons. The number of rotatable bonds is 2. The van der Waals surface area contributed by atoms with Crippen molar-refractivity contribution in [1.29, 1.82) is 0 Å². The molecule has 1 unspecified atom stereocenters. The molecule has 0 bridgehead atoms. The van der Waals surface area contributed by atoms with Gasteiger partial charge < -0.3 is 15.7 Å². The van der Waals surface area contributed by atoms with Gasteiger partial charge in [0.05, 0.1) is 18.3 Å². The van der Waals surface area contributed by atoms with Crippen LogP contribution in [0.15, 0.2) is 0 Å². The molecule has 0 aliphatic carbocycles. The molecule has 2 heterocycles. The fourth-order valence-electron chi connectivity index (χ4n) is 2.38. The average molecular weight is 269 g/mol. The Morgan fingerprint density at radius 2 is 2.33 bits per heavy atom. The molecule has 1 aromatic heterocycles. The van der Waals surface area contributed by atoms with Crippen LogP contribution in [0.1, 0.15) is 41.0 Å². The van der Waals surface area contributed by atoms with E-state index in [0.717, 1.165) is 25.7 Å². The predicted molar refractivity (Wildman–Crippen MR) is 71.6 cm³/mol. The van der Waals surface area contributed by atoms with Crippen LogP contribution >= 0.6 is 11.3 Å². The first-order valence-electron chi connectivity index (χ1n) is 6.28. The number of aliphatic hydroxyl groups excluding tert-OH is 1. The number of hydrogen-bond acceptors (Lipinski definition) is 5. The number of nitrogens with two attached hydrogens (primary N) is 1. The molecule has 1 fully saturated rings. The molecule has 6 heteroatoms. The van der Waals surface area contributed by atoms with Crippen LogP contribution in [0.4, 0.5) is 5.13 Å². The summed E-state index contributed by atoms with van der Waals surface area (Å²) in [6.45, 7) is 2.53. The molecule has 1 atom stereocenters. The van der Waals surface area contributed by atoms with Crippen LogP contribution in [0.2, 0.25) is 0 Å². The maximum absolute atomic E-state index is 12.5. The summed E-state index contributed by atoms with van der Waals surface area (Å²) in [5.74, 6) is -0.0392. The highest BCUT2D eigenvalue weighted by Gasteiger charge is 2.28. The molecule has 3 N–H and O–H groups in total. The highest BCUT2D eigenvalue weighted by molar-refractivity contribution is 7.17. The van der Waals surface area contributed by atoms with E-state index in [1.807, 2.05) is 0 Å². The molecule has 1 saturated heterocycles. The van der Waals surface area contributed by atoms with E-state index >= 15 is 0 Å². The normalized spacial score (nSPS) is 20.8. The number of amides is 1. The lowest BCUT2D eigenvalue weighted by Crippen LogP contribution is -2.42. The summed E-state index contributed by atoms with van der Waals surface area (Å²) in [6, 6.07) is -0.0669. The fraction of sp³-hybridized carbons (Fsp3) is 0.667. The van der Waals surface area contributed by atoms with Gasteiger partial charge in [0.15, 0.2) is 5.13 Å². The van der Waals surface area contributed by atoms with Gasteiger partial charge in [0, 0.05) is 6.54 Å². The second kappa shape index (κ2) is 5.67. The van der Waals surface area contributed by atoms with E-state index < -0.39 is 0 Å². The smallest absolute Gasteiger partial charge is 0.266 e. The number of nitrogens with zero attached hydrogens (tertiary/aromatic N) is 2. The van der Waals surface area contributed by atoms with E-state index in [9.17, 15) is 9.90 Å². The number of aliphatic hydroxyl groups is 1. The number of thiazole rings is 1. The van der Waals surface area contributed by atoms with Crippen molar-refractivity contribution in [3.05, 3.63) is 10.6 Å². The van der Waals surface area contributed by atoms with E-state index in [1.165, 1.54) is 11.3 Å². The lowest BCUT2D eigenvalue weighted by Gasteiger charge is -2.28. The third-order valence-corrected chi connectivity index (χ3v) is 4.33. The molecule has 0 aromatic carbocycles. The first-order valence-corrected chi connectivity index (χ1v) is 7.10. The van der Waals surface area contributed by atoms with Crippen molar-refractivity contribution in [1.82, 2.24) is 9.88 Å². The third-order valence-electron chi connectivity index (χ3n) is 3.36. The van der Waals surface area contributed by atoms with E-state index in [0.29, 0.717) is 22.2 Å². The number of aromatic nitrogens is 1. The number of nitrogen functional groups attached to an aromatic ring is 1. The van der Waals surface area contributed by atoms with Gasteiger partial charge in [0.2, 0.25) is 0 Å². The van der Waals surface area contributed by atoms with Crippen molar-refractivity contribution in [3.63, 3.8) is 0 Å². The van der Waals surface area contributed by atoms with Crippen molar-refractivity contribution in [3.8, 4) is 0 Å². The monoisotopic (exact) mass is 269 g/mol. The van der Waals surface area contributed by atoms with Crippen LogP contribution in [-0.4, -0.2) is 40.1 Å². The van der Waals surface area contributed by atoms with Crippen LogP contribution in [0.5, 0.6) is 0 Å². The van der Waals surface area contributed by atoms with Crippen molar-refractivity contribution in [2.45, 2.75) is 38.6 Å². The van der Waals surface area contributed by atoms with Gasteiger partial charge in [-0.2, -0.15) is 0 Å². The standard InChI is InChI=1S/C12H19N3O2S/c1-8-10(18-12(13)14-8)11(17)15-6-4-2-3-5-9(15)7-16/h9,16H,2-7H2,1H3,(H2,13,14). The summed E-state index contributed by atoms with van der Waals surface area (Å²) in [7, 11) is 0. The summed E-state index contributed by atoms with van der Waals surface area (Å²) in [4.78, 5) is 19.0. The third kappa shape index (κ3) is 2.64. The summed E-state index contributed by atoms with van der Waals surface area (Å²) >= 11 is 1.23. The number of carbonyl (C=O) groups is 1. The van der Waals surface area contributed by atoms with Crippen molar-refractivity contribution < 1.29 is 9.90 Å². The Hall–Kier alpha value is -1.14. The Bertz CT molecular complexity index is 433. The van der Waals surface area contributed by atoms with Gasteiger partial charge in [-0.3, -0.25) is 4.79 Å². The van der Waals surface area contributed by atoms with Gasteiger partial charge in [-0.25, -0.2) is 4.98 Å². The number of hydrogen-bond donors (Lipinski definition) is 2. The van der Waals surface area contributed by atoms with Crippen molar-refractivity contribution in [2.24, 2.45) is 0 Å². The van der Waals surface area contributed by atoms with Gasteiger partial charge in [-0.1, -0.05) is 24.2 Å². The minimum atomic E-state index is -0.0669. The van der Waals surface area contributed by atoms with Crippen molar-refractivity contribution in [2.75, 3.05) is 18.9 Å². The van der Waals surface area contributed by atoms with Gasteiger partial charge >= 0.3 is 0 Å². The molecule has 0 spiro atoms. The largest absolute Gasteiger partial charge is 0.394 e. The maximum Gasteiger partial charge on any atom is 0.266 e. The second-order valence-corrected chi connectivity index (χ2v) is 5.68. The minimum absolute atomic E-state index is 0.0269. The molecular weight excluding hydrogens is 250 g/mol. The van der Waals surface area contributed by atoms with Gasteiger partial charge in [0.25, 0.3) is 5.91 Å². The molecule has 5 nitrogen and oxygen atoms in total. The zero-order valence-corrected chi connectivity index (χ0v) is 11.4. The molecular formula is C12H19N3O2S. The lowest BCUT2D eigenvalue weighted by molar-refractivity contribution is 0.0603. The highest BCUT2D eigenvalue weighted by Crippen LogP contribution is 2.25. The zero-order valence-electron chi connectivity index (χ0n) is 10.6. The summed E-state index contributed by atoms with van der Waals surface area (Å²) in [6.07, 6.45) is 4.05. The number of likely N-dealkylation sites (tertiary alicyclic amines) is 1. The Morgan fingerprint density at radius 3 is 2.94 bits per heavy atom. The fourth-order valence-corrected chi connectivity index (χ4v) is 3.17. The van der Waals surface area contributed by atoms with Gasteiger partial charge in [0.1, 0.15) is 4.88 Å². The molecule has 0 saturated carbocycles. The minimum Gasteiger partial charge on any atom is -0.394 e. The highest BCUT2D eigenvalue weighted by atomic mass is 32.1. The molecule has 0 radical (unpaired) electrons. The molecule has 1 aliphatic rings. The quantitative estimate of drug-likeness (QED) is 0.850. The number of carbonyl (C=O) groups excluding carboxylic acids is 1. The Morgan fingerprint density at radius 1 is 1.56 bits per heavy atom. The van der Waals surface area contributed by atoms with E-state index in [-0.39, 0.29) is 18.6 Å². The Labute approximate surface area is 111 Å². The number of anilines is 1. The summed E-state index contributed by atoms with van der Waals surface area (Å²) in [5, 5.41) is 9.85. The molecule has 1 aliphatic heterocycles. The lowest BCUT2D eigenvalue weighted by atomic mass is 10.1. The van der Waals surface area contributed by atoms with Crippen LogP contribution in [0, 0.1) is 6.92 Å². The van der Waals surface area contributed by atoms with Crippen LogP contribution in [0.3, 0.4) is 0 Å². The average Bonchev–Trinajstić information content (AvgIpc) is 2.56. The summed E-state index contributed by atoms with van der Waals surface area (Å²) in [5.41, 5.74) is 6.32. The SMILES string of the molecule is Cc1nc(N)sc1C(=O)N1CCCCCC1CO. The topological polar surface area (TPSA) is 79.5 Å². The Kier molecular flexibility index (Phi) is 4.19. The van der Waals surface area contributed by atoms with E-state index in [1.54, 1.807) is 11.8 Å². The Balaban J connectivity index is 2.22. The zero-order chi connectivity index (χ0) is 13.1. The first kappa shape index (κ1) is 13.3. The molecule has 2 rings (SSSR count). The van der Waals surface area contributed by atoms with Crippen LogP contribution in [0.25, 0.3) is 0 Å². The molecule has 1 aromatic rings. The van der Waals surface area contributed by atoms with Gasteiger partial charge in [-0.15, -0.1) is 0 Å².